The lowest BCUT2D eigenvalue weighted by Gasteiger charge is -2.32. The van der Waals surface area contributed by atoms with Gasteiger partial charge in [-0.1, -0.05) is 65.9 Å². The molecule has 1 fully saturated rings. The zero-order chi connectivity index (χ0) is 30.4. The third-order valence-corrected chi connectivity index (χ3v) is 9.78. The maximum absolute atomic E-state index is 14.1. The number of anilines is 1. The van der Waals surface area contributed by atoms with Crippen molar-refractivity contribution in [1.82, 2.24) is 10.2 Å². The van der Waals surface area contributed by atoms with Crippen LogP contribution in [0.3, 0.4) is 0 Å². The Morgan fingerprint density at radius 3 is 2.24 bits per heavy atom. The summed E-state index contributed by atoms with van der Waals surface area (Å²) in [5.41, 5.74) is 1.82. The van der Waals surface area contributed by atoms with Gasteiger partial charge in [0.15, 0.2) is 0 Å². The Balaban J connectivity index is 1.71. The van der Waals surface area contributed by atoms with Crippen LogP contribution in [-0.2, 0) is 26.2 Å². The van der Waals surface area contributed by atoms with Crippen LogP contribution in [0.4, 0.5) is 5.69 Å². The highest BCUT2D eigenvalue weighted by Gasteiger charge is 2.33. The van der Waals surface area contributed by atoms with Crippen LogP contribution >= 0.6 is 23.2 Å². The third kappa shape index (κ3) is 7.56. The summed E-state index contributed by atoms with van der Waals surface area (Å²) >= 11 is 12.4. The summed E-state index contributed by atoms with van der Waals surface area (Å²) < 4.78 is 34.2. The molecule has 0 radical (unpaired) electrons. The van der Waals surface area contributed by atoms with Gasteiger partial charge in [0.25, 0.3) is 10.0 Å². The number of halogens is 2. The van der Waals surface area contributed by atoms with E-state index in [0.29, 0.717) is 10.8 Å². The van der Waals surface area contributed by atoms with Gasteiger partial charge in [-0.05, 0) is 74.7 Å². The quantitative estimate of drug-likeness (QED) is 0.281. The molecule has 1 atom stereocenters. The molecule has 11 heteroatoms. The van der Waals surface area contributed by atoms with Gasteiger partial charge in [-0.25, -0.2) is 8.42 Å². The Morgan fingerprint density at radius 1 is 1.00 bits per heavy atom. The largest absolute Gasteiger partial charge is 0.495 e. The van der Waals surface area contributed by atoms with Crippen LogP contribution in [0.5, 0.6) is 5.75 Å². The van der Waals surface area contributed by atoms with Crippen LogP contribution in [0, 0.1) is 6.92 Å². The molecule has 1 unspecified atom stereocenters. The number of methoxy groups -OCH3 is 1. The van der Waals surface area contributed by atoms with Crippen molar-refractivity contribution in [2.75, 3.05) is 18.0 Å². The lowest BCUT2D eigenvalue weighted by atomic mass is 10.1. The molecular weight excluding hydrogens is 597 g/mol. The van der Waals surface area contributed by atoms with Gasteiger partial charge in [0.05, 0.1) is 22.7 Å². The number of carbonyl (C=O) groups excluding carboxylic acids is 2. The second-order valence-electron chi connectivity index (χ2n) is 10.5. The molecule has 3 aromatic rings. The molecule has 1 aliphatic rings. The van der Waals surface area contributed by atoms with E-state index in [0.717, 1.165) is 41.1 Å². The number of hydrogen-bond acceptors (Lipinski definition) is 5. The molecule has 8 nitrogen and oxygen atoms in total. The van der Waals surface area contributed by atoms with Gasteiger partial charge in [0.2, 0.25) is 11.8 Å². The number of ether oxygens (including phenoxy) is 1. The normalized spacial score (nSPS) is 14.3. The van der Waals surface area contributed by atoms with Crippen molar-refractivity contribution >= 4 is 50.7 Å². The standard InChI is InChI=1S/C31H35Cl2N3O5S/c1-21-8-15-27(16-9-21)42(39,40)36(26-14-17-29(41-3)28(33)18-26)20-30(37)35(19-23-10-12-24(32)13-11-23)22(2)31(38)34-25-6-4-5-7-25/h8-18,22,25H,4-7,19-20H2,1-3H3,(H,34,38). The molecule has 3 aromatic carbocycles. The number of nitrogens with one attached hydrogen (secondary N) is 1. The van der Waals surface area contributed by atoms with Crippen molar-refractivity contribution in [3.63, 3.8) is 0 Å². The van der Waals surface area contributed by atoms with E-state index in [1.54, 1.807) is 49.4 Å². The molecule has 0 aliphatic heterocycles. The highest BCUT2D eigenvalue weighted by atomic mass is 35.5. The van der Waals surface area contributed by atoms with Crippen molar-refractivity contribution in [3.05, 3.63) is 87.9 Å². The minimum absolute atomic E-state index is 0.0177. The van der Waals surface area contributed by atoms with Gasteiger partial charge >= 0.3 is 0 Å². The molecule has 0 heterocycles. The van der Waals surface area contributed by atoms with Crippen molar-refractivity contribution in [2.24, 2.45) is 0 Å². The van der Waals surface area contributed by atoms with Crippen molar-refractivity contribution in [2.45, 2.75) is 63.1 Å². The van der Waals surface area contributed by atoms with E-state index in [2.05, 4.69) is 5.32 Å². The molecule has 1 saturated carbocycles. The van der Waals surface area contributed by atoms with E-state index >= 15 is 0 Å². The first kappa shape index (κ1) is 31.7. The predicted molar refractivity (Wildman–Crippen MR) is 166 cm³/mol. The molecule has 0 aromatic heterocycles. The minimum atomic E-state index is -4.21. The Bertz CT molecular complexity index is 1510. The molecule has 224 valence electrons. The summed E-state index contributed by atoms with van der Waals surface area (Å²) in [6, 6.07) is 17.0. The maximum atomic E-state index is 14.1. The highest BCUT2D eigenvalue weighted by molar-refractivity contribution is 7.92. The fourth-order valence-corrected chi connectivity index (χ4v) is 6.72. The first-order chi connectivity index (χ1) is 20.0. The second kappa shape index (κ2) is 13.8. The van der Waals surface area contributed by atoms with E-state index in [1.165, 1.54) is 36.3 Å². The number of carbonyl (C=O) groups is 2. The second-order valence-corrected chi connectivity index (χ2v) is 13.2. The molecule has 4 rings (SSSR count). The summed E-state index contributed by atoms with van der Waals surface area (Å²) in [6.45, 7) is 3.03. The summed E-state index contributed by atoms with van der Waals surface area (Å²) in [5.74, 6) is -0.479. The lowest BCUT2D eigenvalue weighted by molar-refractivity contribution is -0.139. The summed E-state index contributed by atoms with van der Waals surface area (Å²) in [5, 5.41) is 3.78. The average molecular weight is 633 g/mol. The van der Waals surface area contributed by atoms with Crippen molar-refractivity contribution in [1.29, 1.82) is 0 Å². The summed E-state index contributed by atoms with van der Waals surface area (Å²) in [4.78, 5) is 28.8. The molecular formula is C31H35Cl2N3O5S. The lowest BCUT2D eigenvalue weighted by Crippen LogP contribution is -2.52. The molecule has 42 heavy (non-hydrogen) atoms. The molecule has 0 spiro atoms. The van der Waals surface area contributed by atoms with Crippen molar-refractivity contribution < 1.29 is 22.7 Å². The van der Waals surface area contributed by atoms with E-state index < -0.39 is 28.5 Å². The third-order valence-electron chi connectivity index (χ3n) is 7.45. The van der Waals surface area contributed by atoms with Gasteiger partial charge in [0, 0.05) is 17.6 Å². The Hall–Kier alpha value is -3.27. The van der Waals surface area contributed by atoms with Crippen LogP contribution in [0.1, 0.15) is 43.7 Å². The van der Waals surface area contributed by atoms with Gasteiger partial charge in [0.1, 0.15) is 18.3 Å². The fourth-order valence-electron chi connectivity index (χ4n) is 4.94. The number of benzene rings is 3. The molecule has 0 bridgehead atoms. The first-order valence-electron chi connectivity index (χ1n) is 13.8. The number of hydrogen-bond donors (Lipinski definition) is 1. The fraction of sp³-hybridized carbons (Fsp3) is 0.355. The maximum Gasteiger partial charge on any atom is 0.264 e. The highest BCUT2D eigenvalue weighted by Crippen LogP contribution is 2.32. The first-order valence-corrected chi connectivity index (χ1v) is 16.0. The van der Waals surface area contributed by atoms with E-state index in [-0.39, 0.29) is 34.1 Å². The van der Waals surface area contributed by atoms with Crippen LogP contribution in [0.15, 0.2) is 71.6 Å². The van der Waals surface area contributed by atoms with Crippen LogP contribution in [0.2, 0.25) is 10.0 Å². The van der Waals surface area contributed by atoms with Gasteiger partial charge in [-0.3, -0.25) is 13.9 Å². The Morgan fingerprint density at radius 2 is 1.64 bits per heavy atom. The molecule has 1 N–H and O–H groups in total. The average Bonchev–Trinajstić information content (AvgIpc) is 3.48. The van der Waals surface area contributed by atoms with Crippen LogP contribution in [0.25, 0.3) is 0 Å². The van der Waals surface area contributed by atoms with E-state index in [9.17, 15) is 18.0 Å². The number of aryl methyl sites for hydroxylation is 1. The molecule has 0 saturated heterocycles. The Kier molecular flexibility index (Phi) is 10.4. The zero-order valence-corrected chi connectivity index (χ0v) is 26.2. The van der Waals surface area contributed by atoms with Crippen molar-refractivity contribution in [3.8, 4) is 5.75 Å². The summed E-state index contributed by atoms with van der Waals surface area (Å²) in [7, 11) is -2.75. The smallest absolute Gasteiger partial charge is 0.264 e. The molecule has 2 amide bonds. The number of nitrogens with zero attached hydrogens (tertiary/aromatic N) is 2. The summed E-state index contributed by atoms with van der Waals surface area (Å²) in [6.07, 6.45) is 3.88. The SMILES string of the molecule is COc1ccc(N(CC(=O)N(Cc2ccc(Cl)cc2)C(C)C(=O)NC2CCCC2)S(=O)(=O)c2ccc(C)cc2)cc1Cl. The monoisotopic (exact) mass is 631 g/mol. The number of amides is 2. The van der Waals surface area contributed by atoms with Gasteiger partial charge in [-0.2, -0.15) is 0 Å². The predicted octanol–water partition coefficient (Wildman–Crippen LogP) is 5.98. The zero-order valence-electron chi connectivity index (χ0n) is 23.8. The van der Waals surface area contributed by atoms with E-state index in [1.807, 2.05) is 6.92 Å². The number of rotatable bonds is 11. The van der Waals surface area contributed by atoms with Gasteiger partial charge in [-0.15, -0.1) is 0 Å². The minimum Gasteiger partial charge on any atom is -0.495 e. The molecule has 1 aliphatic carbocycles. The van der Waals surface area contributed by atoms with Gasteiger partial charge < -0.3 is 15.0 Å². The number of sulfonamides is 1. The topological polar surface area (TPSA) is 96.0 Å². The van der Waals surface area contributed by atoms with Crippen LogP contribution < -0.4 is 14.4 Å². The van der Waals surface area contributed by atoms with Crippen LogP contribution in [-0.4, -0.2) is 50.9 Å². The van der Waals surface area contributed by atoms with E-state index in [4.69, 9.17) is 27.9 Å². The Labute approximate surface area is 257 Å².